The Morgan fingerprint density at radius 3 is 2.65 bits per heavy atom. The van der Waals surface area contributed by atoms with Crippen LogP contribution in [0.4, 0.5) is 0 Å². The molecule has 0 spiro atoms. The van der Waals surface area contributed by atoms with Gasteiger partial charge in [0.2, 0.25) is 0 Å². The first-order valence-electron chi connectivity index (χ1n) is 9.04. The van der Waals surface area contributed by atoms with Crippen molar-refractivity contribution in [1.29, 1.82) is 0 Å². The summed E-state index contributed by atoms with van der Waals surface area (Å²) in [5.41, 5.74) is 7.98. The van der Waals surface area contributed by atoms with Crippen LogP contribution in [0, 0.1) is 17.3 Å². The standard InChI is InChI=1S/C19H28BNO2/c1-18(2)14-11-15(18)19(3)16(12-14)22-20(23-19)17(21)10-9-13-7-5-4-6-8-13/h4-8,14-17H,9-12,21H2,1-3H3/t14-,15+,16+,17?,19+/m1/s1. The number of nitrogens with two attached hydrogens (primary N) is 1. The van der Waals surface area contributed by atoms with Crippen molar-refractivity contribution in [2.45, 2.75) is 64.1 Å². The minimum Gasteiger partial charge on any atom is -0.404 e. The number of hydrogen-bond donors (Lipinski definition) is 1. The first-order chi connectivity index (χ1) is 10.9. The van der Waals surface area contributed by atoms with Crippen LogP contribution in [0.15, 0.2) is 30.3 Å². The molecule has 3 aliphatic carbocycles. The van der Waals surface area contributed by atoms with Crippen LogP contribution in [0.2, 0.25) is 0 Å². The monoisotopic (exact) mass is 313 g/mol. The second-order valence-electron chi connectivity index (χ2n) is 8.53. The summed E-state index contributed by atoms with van der Waals surface area (Å²) >= 11 is 0. The van der Waals surface area contributed by atoms with Crippen LogP contribution in [-0.2, 0) is 15.7 Å². The van der Waals surface area contributed by atoms with Crippen molar-refractivity contribution in [1.82, 2.24) is 0 Å². The number of aryl methyl sites for hydroxylation is 1. The summed E-state index contributed by atoms with van der Waals surface area (Å²) in [6.07, 6.45) is 4.52. The first-order valence-corrected chi connectivity index (χ1v) is 9.04. The van der Waals surface area contributed by atoms with Crippen molar-refractivity contribution in [3.05, 3.63) is 35.9 Å². The molecule has 23 heavy (non-hydrogen) atoms. The summed E-state index contributed by atoms with van der Waals surface area (Å²) in [4.78, 5) is 0. The van der Waals surface area contributed by atoms with E-state index < -0.39 is 0 Å². The molecule has 124 valence electrons. The third kappa shape index (κ3) is 2.38. The number of rotatable bonds is 4. The molecule has 4 fully saturated rings. The fourth-order valence-electron chi connectivity index (χ4n) is 5.20. The molecular formula is C19H28BNO2. The maximum absolute atomic E-state index is 6.44. The number of benzene rings is 1. The Bertz CT molecular complexity index is 578. The molecule has 2 bridgehead atoms. The lowest BCUT2D eigenvalue weighted by atomic mass is 9.43. The third-order valence-corrected chi connectivity index (χ3v) is 6.93. The van der Waals surface area contributed by atoms with E-state index in [1.807, 2.05) is 6.07 Å². The lowest BCUT2D eigenvalue weighted by Crippen LogP contribution is -2.65. The van der Waals surface area contributed by atoms with Gasteiger partial charge in [-0.1, -0.05) is 44.2 Å². The van der Waals surface area contributed by atoms with Gasteiger partial charge in [-0.15, -0.1) is 0 Å². The zero-order valence-electron chi connectivity index (χ0n) is 14.5. The topological polar surface area (TPSA) is 44.5 Å². The van der Waals surface area contributed by atoms with Gasteiger partial charge in [0.1, 0.15) is 0 Å². The lowest BCUT2D eigenvalue weighted by Gasteiger charge is -2.64. The van der Waals surface area contributed by atoms with Crippen LogP contribution >= 0.6 is 0 Å². The molecule has 1 saturated heterocycles. The minimum absolute atomic E-state index is 0.0575. The fraction of sp³-hybridized carbons (Fsp3) is 0.684. The Morgan fingerprint density at radius 2 is 1.96 bits per heavy atom. The predicted octanol–water partition coefficient (Wildman–Crippen LogP) is 3.21. The predicted molar refractivity (Wildman–Crippen MR) is 92.9 cm³/mol. The van der Waals surface area contributed by atoms with Gasteiger partial charge in [0, 0.05) is 5.94 Å². The van der Waals surface area contributed by atoms with Gasteiger partial charge in [-0.2, -0.15) is 0 Å². The van der Waals surface area contributed by atoms with Gasteiger partial charge in [0.25, 0.3) is 0 Å². The van der Waals surface area contributed by atoms with Crippen LogP contribution in [0.25, 0.3) is 0 Å². The van der Waals surface area contributed by atoms with Gasteiger partial charge in [0.05, 0.1) is 11.7 Å². The second kappa shape index (κ2) is 5.33. The van der Waals surface area contributed by atoms with Gasteiger partial charge in [-0.05, 0) is 55.4 Å². The molecule has 1 aliphatic heterocycles. The molecule has 4 heteroatoms. The van der Waals surface area contributed by atoms with E-state index in [1.54, 1.807) is 0 Å². The van der Waals surface area contributed by atoms with E-state index in [1.165, 1.54) is 12.0 Å². The molecule has 1 aromatic carbocycles. The molecule has 0 radical (unpaired) electrons. The van der Waals surface area contributed by atoms with Crippen molar-refractivity contribution in [2.24, 2.45) is 23.0 Å². The normalized spacial score (nSPS) is 38.8. The Labute approximate surface area is 140 Å². The molecule has 1 heterocycles. The Hall–Kier alpha value is -0.835. The van der Waals surface area contributed by atoms with Crippen molar-refractivity contribution >= 4 is 7.12 Å². The highest BCUT2D eigenvalue weighted by Gasteiger charge is 2.68. The molecule has 5 atom stereocenters. The van der Waals surface area contributed by atoms with E-state index in [-0.39, 0.29) is 24.8 Å². The van der Waals surface area contributed by atoms with Crippen molar-refractivity contribution in [3.63, 3.8) is 0 Å². The maximum atomic E-state index is 6.44. The highest BCUT2D eigenvalue weighted by Crippen LogP contribution is 2.65. The maximum Gasteiger partial charge on any atom is 0.475 e. The summed E-state index contributed by atoms with van der Waals surface area (Å²) in [6.45, 7) is 7.03. The molecule has 1 unspecified atom stereocenters. The Balaban J connectivity index is 1.40. The SMILES string of the molecule is CC1(C)[C@H]2C[C@@H]3OB(C(N)CCc4ccccc4)O[C@@]3(C)[C@H]1C2. The number of hydrogen-bond acceptors (Lipinski definition) is 3. The van der Waals surface area contributed by atoms with Gasteiger partial charge in [-0.3, -0.25) is 0 Å². The quantitative estimate of drug-likeness (QED) is 0.868. The molecular weight excluding hydrogens is 285 g/mol. The minimum atomic E-state index is -0.246. The lowest BCUT2D eigenvalue weighted by molar-refractivity contribution is -0.199. The van der Waals surface area contributed by atoms with Gasteiger partial charge in [-0.25, -0.2) is 0 Å². The van der Waals surface area contributed by atoms with E-state index >= 15 is 0 Å². The molecule has 3 nitrogen and oxygen atoms in total. The second-order valence-corrected chi connectivity index (χ2v) is 8.53. The van der Waals surface area contributed by atoms with Crippen molar-refractivity contribution < 1.29 is 9.31 Å². The van der Waals surface area contributed by atoms with Crippen LogP contribution in [0.5, 0.6) is 0 Å². The molecule has 0 aromatic heterocycles. The average Bonchev–Trinajstić information content (AvgIpc) is 2.90. The van der Waals surface area contributed by atoms with E-state index in [4.69, 9.17) is 15.0 Å². The smallest absolute Gasteiger partial charge is 0.404 e. The van der Waals surface area contributed by atoms with Gasteiger partial charge < -0.3 is 15.0 Å². The van der Waals surface area contributed by atoms with Crippen molar-refractivity contribution in [2.75, 3.05) is 0 Å². The summed E-state index contributed by atoms with van der Waals surface area (Å²) in [5, 5.41) is 0. The molecule has 2 N–H and O–H groups in total. The molecule has 3 saturated carbocycles. The van der Waals surface area contributed by atoms with E-state index in [0.29, 0.717) is 11.3 Å². The zero-order chi connectivity index (χ0) is 16.2. The summed E-state index contributed by atoms with van der Waals surface area (Å²) in [5.74, 6) is 1.33. The van der Waals surface area contributed by atoms with Crippen molar-refractivity contribution in [3.8, 4) is 0 Å². The third-order valence-electron chi connectivity index (χ3n) is 6.93. The van der Waals surface area contributed by atoms with E-state index in [2.05, 4.69) is 45.0 Å². The molecule has 5 rings (SSSR count). The largest absolute Gasteiger partial charge is 0.475 e. The van der Waals surface area contributed by atoms with E-state index in [9.17, 15) is 0 Å². The highest BCUT2D eigenvalue weighted by molar-refractivity contribution is 6.47. The van der Waals surface area contributed by atoms with Gasteiger partial charge >= 0.3 is 7.12 Å². The van der Waals surface area contributed by atoms with Crippen LogP contribution in [-0.4, -0.2) is 24.8 Å². The molecule has 4 aliphatic rings. The molecule has 0 amide bonds. The van der Waals surface area contributed by atoms with Crippen LogP contribution in [0.1, 0.15) is 45.6 Å². The summed E-state index contributed by atoms with van der Waals surface area (Å²) in [6, 6.07) is 10.5. The fourth-order valence-corrected chi connectivity index (χ4v) is 5.20. The first kappa shape index (κ1) is 15.7. The summed E-state index contributed by atoms with van der Waals surface area (Å²) in [7, 11) is -0.246. The van der Waals surface area contributed by atoms with E-state index in [0.717, 1.165) is 25.2 Å². The Kier molecular flexibility index (Phi) is 3.64. The van der Waals surface area contributed by atoms with Gasteiger partial charge in [0.15, 0.2) is 0 Å². The summed E-state index contributed by atoms with van der Waals surface area (Å²) < 4.78 is 12.7. The van der Waals surface area contributed by atoms with Crippen LogP contribution < -0.4 is 5.73 Å². The zero-order valence-corrected chi connectivity index (χ0v) is 14.5. The Morgan fingerprint density at radius 1 is 1.22 bits per heavy atom. The van der Waals surface area contributed by atoms with Crippen LogP contribution in [0.3, 0.4) is 0 Å². The average molecular weight is 313 g/mol. The highest BCUT2D eigenvalue weighted by atomic mass is 16.7. The molecule has 1 aromatic rings.